The standard InChI is InChI=1S/C22H18Cl2N4O2S/c1-12-19(13-7-5-4-6-8-13)31-20(26-12)22(2,3)18-15(23)9-14(10-16(18)24)28-21(30)27-17(29)11-25-28/h4-11H,1-3H3,(H,27,29,30). The van der Waals surface area contributed by atoms with Gasteiger partial charge in [-0.2, -0.15) is 9.78 Å². The third kappa shape index (κ3) is 3.96. The summed E-state index contributed by atoms with van der Waals surface area (Å²) in [4.78, 5) is 31.5. The lowest BCUT2D eigenvalue weighted by atomic mass is 9.85. The van der Waals surface area contributed by atoms with Crippen molar-refractivity contribution in [1.82, 2.24) is 19.7 Å². The van der Waals surface area contributed by atoms with Crippen LogP contribution in [-0.2, 0) is 5.41 Å². The van der Waals surface area contributed by atoms with E-state index in [-0.39, 0.29) is 0 Å². The minimum Gasteiger partial charge on any atom is -0.271 e. The van der Waals surface area contributed by atoms with Crippen molar-refractivity contribution in [2.24, 2.45) is 0 Å². The highest BCUT2D eigenvalue weighted by Gasteiger charge is 2.33. The summed E-state index contributed by atoms with van der Waals surface area (Å²) < 4.78 is 1.04. The first-order valence-corrected chi connectivity index (χ1v) is 11.0. The van der Waals surface area contributed by atoms with Crippen LogP contribution in [0.25, 0.3) is 16.1 Å². The fraction of sp³-hybridized carbons (Fsp3) is 0.182. The molecule has 2 aromatic carbocycles. The number of hydrogen-bond acceptors (Lipinski definition) is 5. The first-order chi connectivity index (χ1) is 14.7. The van der Waals surface area contributed by atoms with Crippen molar-refractivity contribution in [3.63, 3.8) is 0 Å². The van der Waals surface area contributed by atoms with Gasteiger partial charge in [0.25, 0.3) is 5.56 Å². The van der Waals surface area contributed by atoms with Crippen molar-refractivity contribution >= 4 is 34.5 Å². The first-order valence-electron chi connectivity index (χ1n) is 9.40. The van der Waals surface area contributed by atoms with Crippen molar-refractivity contribution < 1.29 is 0 Å². The van der Waals surface area contributed by atoms with Crippen LogP contribution >= 0.6 is 34.5 Å². The summed E-state index contributed by atoms with van der Waals surface area (Å²) in [7, 11) is 0. The summed E-state index contributed by atoms with van der Waals surface area (Å²) >= 11 is 14.9. The molecule has 2 heterocycles. The Labute approximate surface area is 192 Å². The van der Waals surface area contributed by atoms with Crippen molar-refractivity contribution in [3.8, 4) is 16.1 Å². The molecule has 0 unspecified atom stereocenters. The molecule has 9 heteroatoms. The Bertz CT molecular complexity index is 1370. The average molecular weight is 473 g/mol. The molecule has 0 bridgehead atoms. The van der Waals surface area contributed by atoms with Crippen LogP contribution in [0.15, 0.2) is 58.3 Å². The van der Waals surface area contributed by atoms with E-state index in [4.69, 9.17) is 28.2 Å². The van der Waals surface area contributed by atoms with Crippen LogP contribution in [0.1, 0.15) is 30.1 Å². The quantitative estimate of drug-likeness (QED) is 0.453. The molecule has 0 amide bonds. The molecule has 1 N–H and O–H groups in total. The van der Waals surface area contributed by atoms with Gasteiger partial charge in [0.15, 0.2) is 0 Å². The monoisotopic (exact) mass is 472 g/mol. The number of H-pyrrole nitrogens is 1. The van der Waals surface area contributed by atoms with Gasteiger partial charge in [-0.15, -0.1) is 11.3 Å². The maximum absolute atomic E-state index is 12.1. The zero-order valence-corrected chi connectivity index (χ0v) is 19.3. The van der Waals surface area contributed by atoms with Crippen LogP contribution in [0.3, 0.4) is 0 Å². The van der Waals surface area contributed by atoms with E-state index in [0.717, 1.165) is 32.0 Å². The molecule has 0 saturated heterocycles. The van der Waals surface area contributed by atoms with E-state index in [1.165, 1.54) is 0 Å². The lowest BCUT2D eigenvalue weighted by molar-refractivity contribution is 0.633. The Morgan fingerprint density at radius 1 is 1.06 bits per heavy atom. The highest BCUT2D eigenvalue weighted by Crippen LogP contribution is 2.44. The Morgan fingerprint density at radius 3 is 2.32 bits per heavy atom. The highest BCUT2D eigenvalue weighted by atomic mass is 35.5. The van der Waals surface area contributed by atoms with Crippen LogP contribution in [0.5, 0.6) is 0 Å². The number of thiazole rings is 1. The topological polar surface area (TPSA) is 80.6 Å². The van der Waals surface area contributed by atoms with Gasteiger partial charge >= 0.3 is 5.69 Å². The number of hydrogen-bond donors (Lipinski definition) is 1. The maximum atomic E-state index is 12.1. The van der Waals surface area contributed by atoms with Gasteiger partial charge in [-0.25, -0.2) is 9.78 Å². The van der Waals surface area contributed by atoms with Crippen molar-refractivity contribution in [2.75, 3.05) is 0 Å². The number of aryl methyl sites for hydroxylation is 1. The van der Waals surface area contributed by atoms with Gasteiger partial charge in [0.1, 0.15) is 11.2 Å². The van der Waals surface area contributed by atoms with Gasteiger partial charge in [0.2, 0.25) is 0 Å². The van der Waals surface area contributed by atoms with Gasteiger partial charge in [-0.3, -0.25) is 9.78 Å². The zero-order valence-electron chi connectivity index (χ0n) is 16.9. The predicted octanol–water partition coefficient (Wildman–Crippen LogP) is 4.99. The van der Waals surface area contributed by atoms with E-state index < -0.39 is 16.7 Å². The number of halogens is 2. The lowest BCUT2D eigenvalue weighted by Crippen LogP contribution is -2.30. The molecule has 4 rings (SSSR count). The molecular formula is C22H18Cl2N4O2S. The lowest BCUT2D eigenvalue weighted by Gasteiger charge is -2.25. The molecule has 0 aliphatic heterocycles. The van der Waals surface area contributed by atoms with Crippen LogP contribution in [-0.4, -0.2) is 19.7 Å². The second-order valence-electron chi connectivity index (χ2n) is 7.56. The third-order valence-electron chi connectivity index (χ3n) is 4.98. The van der Waals surface area contributed by atoms with Gasteiger partial charge in [0.05, 0.1) is 16.3 Å². The number of nitrogens with zero attached hydrogens (tertiary/aromatic N) is 3. The molecule has 0 saturated carbocycles. The normalized spacial score (nSPS) is 11.6. The molecule has 158 valence electrons. The van der Waals surface area contributed by atoms with Gasteiger partial charge in [-0.1, -0.05) is 53.5 Å². The second kappa shape index (κ2) is 8.07. The minimum atomic E-state index is -0.672. The van der Waals surface area contributed by atoms with Gasteiger partial charge in [-0.05, 0) is 38.5 Å². The summed E-state index contributed by atoms with van der Waals surface area (Å²) in [5, 5.41) is 5.49. The number of nitrogens with one attached hydrogen (secondary N) is 1. The molecule has 31 heavy (non-hydrogen) atoms. The molecular weight excluding hydrogens is 455 g/mol. The van der Waals surface area contributed by atoms with Gasteiger partial charge < -0.3 is 0 Å². The number of rotatable bonds is 4. The van der Waals surface area contributed by atoms with Crippen LogP contribution in [0.4, 0.5) is 0 Å². The number of benzene rings is 2. The highest BCUT2D eigenvalue weighted by molar-refractivity contribution is 7.15. The molecule has 0 fully saturated rings. The Balaban J connectivity index is 1.81. The van der Waals surface area contributed by atoms with Crippen molar-refractivity contribution in [1.29, 1.82) is 0 Å². The smallest absolute Gasteiger partial charge is 0.271 e. The summed E-state index contributed by atoms with van der Waals surface area (Å²) in [5.41, 5.74) is 1.27. The average Bonchev–Trinajstić information content (AvgIpc) is 3.10. The molecule has 0 spiro atoms. The zero-order chi connectivity index (χ0) is 22.3. The molecule has 6 nitrogen and oxygen atoms in total. The molecule has 2 aromatic heterocycles. The fourth-order valence-electron chi connectivity index (χ4n) is 3.44. The fourth-order valence-corrected chi connectivity index (χ4v) is 5.57. The van der Waals surface area contributed by atoms with Crippen LogP contribution < -0.4 is 11.2 Å². The van der Waals surface area contributed by atoms with E-state index in [2.05, 4.69) is 22.2 Å². The number of aromatic nitrogens is 4. The van der Waals surface area contributed by atoms with Crippen LogP contribution in [0, 0.1) is 6.92 Å². The van der Waals surface area contributed by atoms with Gasteiger partial charge in [0, 0.05) is 21.0 Å². The summed E-state index contributed by atoms with van der Waals surface area (Å²) in [6.45, 7) is 6.01. The Hall–Kier alpha value is -2.74. The largest absolute Gasteiger partial charge is 0.349 e. The van der Waals surface area contributed by atoms with E-state index in [0.29, 0.717) is 21.3 Å². The molecule has 0 radical (unpaired) electrons. The Morgan fingerprint density at radius 2 is 1.71 bits per heavy atom. The summed E-state index contributed by atoms with van der Waals surface area (Å²) in [6.07, 6.45) is 1.02. The van der Waals surface area contributed by atoms with Crippen molar-refractivity contribution in [2.45, 2.75) is 26.2 Å². The van der Waals surface area contributed by atoms with E-state index in [1.54, 1.807) is 23.5 Å². The van der Waals surface area contributed by atoms with Crippen LogP contribution in [0.2, 0.25) is 10.0 Å². The van der Waals surface area contributed by atoms with E-state index in [1.807, 2.05) is 39.0 Å². The second-order valence-corrected chi connectivity index (χ2v) is 9.37. The first kappa shape index (κ1) is 21.5. The molecule has 0 atom stereocenters. The van der Waals surface area contributed by atoms with E-state index in [9.17, 15) is 9.59 Å². The van der Waals surface area contributed by atoms with E-state index >= 15 is 0 Å². The Kier molecular flexibility index (Phi) is 5.60. The molecule has 0 aliphatic carbocycles. The maximum Gasteiger partial charge on any atom is 0.349 e. The number of aromatic amines is 1. The molecule has 0 aliphatic rings. The molecule has 4 aromatic rings. The minimum absolute atomic E-state index is 0.357. The third-order valence-corrected chi connectivity index (χ3v) is 7.10. The predicted molar refractivity (Wildman–Crippen MR) is 125 cm³/mol. The summed E-state index contributed by atoms with van der Waals surface area (Å²) in [5.74, 6) is 0. The van der Waals surface area contributed by atoms with Crippen molar-refractivity contribution in [3.05, 3.63) is 95.8 Å². The SMILES string of the molecule is Cc1nc(C(C)(C)c2c(Cl)cc(-n3ncc(=O)[nH]c3=O)cc2Cl)sc1-c1ccccc1. The summed E-state index contributed by atoms with van der Waals surface area (Å²) in [6, 6.07) is 13.3.